The number of amides is 1. The molecule has 0 fully saturated rings. The van der Waals surface area contributed by atoms with Gasteiger partial charge in [0.2, 0.25) is 10.0 Å². The molecule has 9 heteroatoms. The molecular formula is C16H14BrClN2O4S. The molecule has 132 valence electrons. The summed E-state index contributed by atoms with van der Waals surface area (Å²) < 4.78 is 33.1. The van der Waals surface area contributed by atoms with Crippen molar-refractivity contribution in [1.29, 1.82) is 0 Å². The Labute approximate surface area is 158 Å². The Balaban J connectivity index is 1.91. The van der Waals surface area contributed by atoms with Crippen molar-refractivity contribution in [3.8, 4) is 5.75 Å². The molecule has 0 saturated heterocycles. The van der Waals surface area contributed by atoms with Gasteiger partial charge in [-0.1, -0.05) is 39.7 Å². The van der Waals surface area contributed by atoms with Crippen LogP contribution in [0.1, 0.15) is 5.56 Å². The lowest BCUT2D eigenvalue weighted by molar-refractivity contribution is -0.118. The zero-order chi connectivity index (χ0) is 18.2. The molecular weight excluding hydrogens is 432 g/mol. The van der Waals surface area contributed by atoms with E-state index in [0.29, 0.717) is 5.69 Å². The summed E-state index contributed by atoms with van der Waals surface area (Å²) in [4.78, 5) is 11.3. The second-order valence-corrected chi connectivity index (χ2v) is 8.84. The molecule has 1 N–H and O–H groups in total. The van der Waals surface area contributed by atoms with Crippen molar-refractivity contribution in [2.45, 2.75) is 11.4 Å². The first-order valence-electron chi connectivity index (χ1n) is 7.24. The van der Waals surface area contributed by atoms with Gasteiger partial charge in [0.05, 0.1) is 10.7 Å². The van der Waals surface area contributed by atoms with E-state index < -0.39 is 10.0 Å². The maximum atomic E-state index is 12.9. The number of carbonyl (C=O) groups excluding carboxylic acids is 1. The van der Waals surface area contributed by atoms with Crippen LogP contribution in [0.4, 0.5) is 5.69 Å². The second kappa shape index (κ2) is 6.95. The third-order valence-corrected chi connectivity index (χ3v) is 6.47. The minimum absolute atomic E-state index is 0.0206. The van der Waals surface area contributed by atoms with E-state index in [1.807, 2.05) is 24.3 Å². The van der Waals surface area contributed by atoms with E-state index in [1.54, 1.807) is 0 Å². The van der Waals surface area contributed by atoms with Gasteiger partial charge in [-0.2, -0.15) is 4.31 Å². The first-order chi connectivity index (χ1) is 11.8. The Hall–Kier alpha value is -1.61. The van der Waals surface area contributed by atoms with Crippen LogP contribution in [0.2, 0.25) is 5.02 Å². The van der Waals surface area contributed by atoms with E-state index in [4.69, 9.17) is 16.3 Å². The van der Waals surface area contributed by atoms with Crippen LogP contribution in [0.5, 0.6) is 5.75 Å². The van der Waals surface area contributed by atoms with E-state index in [-0.39, 0.29) is 34.7 Å². The predicted octanol–water partition coefficient (Wildman–Crippen LogP) is 3.25. The molecule has 1 amide bonds. The Morgan fingerprint density at radius 1 is 1.28 bits per heavy atom. The van der Waals surface area contributed by atoms with Crippen LogP contribution in [0.3, 0.4) is 0 Å². The molecule has 0 saturated carbocycles. The first kappa shape index (κ1) is 18.2. The maximum Gasteiger partial charge on any atom is 0.262 e. The van der Waals surface area contributed by atoms with Crippen molar-refractivity contribution in [1.82, 2.24) is 4.31 Å². The number of carbonyl (C=O) groups is 1. The van der Waals surface area contributed by atoms with Crippen molar-refractivity contribution in [2.24, 2.45) is 0 Å². The number of halogens is 2. The molecule has 0 spiro atoms. The van der Waals surface area contributed by atoms with Gasteiger partial charge in [-0.25, -0.2) is 8.42 Å². The molecule has 0 unspecified atom stereocenters. The normalized spacial score (nSPS) is 14.0. The van der Waals surface area contributed by atoms with Gasteiger partial charge >= 0.3 is 0 Å². The summed E-state index contributed by atoms with van der Waals surface area (Å²) in [5, 5.41) is 2.61. The van der Waals surface area contributed by atoms with E-state index in [0.717, 1.165) is 10.0 Å². The highest BCUT2D eigenvalue weighted by Crippen LogP contribution is 2.36. The number of rotatable bonds is 4. The average molecular weight is 446 g/mol. The summed E-state index contributed by atoms with van der Waals surface area (Å²) in [5.41, 5.74) is 1.20. The number of fused-ring (bicyclic) bond motifs is 1. The monoisotopic (exact) mass is 444 g/mol. The van der Waals surface area contributed by atoms with Crippen molar-refractivity contribution >= 4 is 49.1 Å². The molecule has 2 aromatic rings. The average Bonchev–Trinajstić information content (AvgIpc) is 2.56. The molecule has 25 heavy (non-hydrogen) atoms. The number of anilines is 1. The van der Waals surface area contributed by atoms with Gasteiger partial charge in [-0.05, 0) is 23.8 Å². The lowest BCUT2D eigenvalue weighted by atomic mass is 10.2. The lowest BCUT2D eigenvalue weighted by Crippen LogP contribution is -2.28. The molecule has 2 aromatic carbocycles. The Morgan fingerprint density at radius 3 is 2.64 bits per heavy atom. The van der Waals surface area contributed by atoms with Crippen LogP contribution in [-0.4, -0.2) is 32.3 Å². The van der Waals surface area contributed by atoms with E-state index in [1.165, 1.54) is 23.5 Å². The third-order valence-electron chi connectivity index (χ3n) is 3.67. The molecule has 0 radical (unpaired) electrons. The van der Waals surface area contributed by atoms with Gasteiger partial charge in [0.25, 0.3) is 5.91 Å². The van der Waals surface area contributed by atoms with E-state index in [9.17, 15) is 13.2 Å². The fraction of sp³-hybridized carbons (Fsp3) is 0.188. The van der Waals surface area contributed by atoms with E-state index in [2.05, 4.69) is 21.2 Å². The van der Waals surface area contributed by atoms with Gasteiger partial charge in [0.1, 0.15) is 10.6 Å². The minimum atomic E-state index is -3.83. The smallest absolute Gasteiger partial charge is 0.262 e. The van der Waals surface area contributed by atoms with Crippen LogP contribution >= 0.6 is 27.5 Å². The third kappa shape index (κ3) is 3.82. The number of nitrogens with zero attached hydrogens (tertiary/aromatic N) is 1. The van der Waals surface area contributed by atoms with Gasteiger partial charge < -0.3 is 10.1 Å². The molecule has 1 heterocycles. The van der Waals surface area contributed by atoms with Crippen LogP contribution in [-0.2, 0) is 21.4 Å². The zero-order valence-corrected chi connectivity index (χ0v) is 16.3. The SMILES string of the molecule is CN(Cc1ccc(Br)cc1)S(=O)(=O)c1cc2c(cc1Cl)NC(=O)CO2. The van der Waals surface area contributed by atoms with Crippen LogP contribution in [0, 0.1) is 0 Å². The quantitative estimate of drug-likeness (QED) is 0.784. The Morgan fingerprint density at radius 2 is 1.96 bits per heavy atom. The molecule has 0 atom stereocenters. The Bertz CT molecular complexity index is 932. The molecule has 1 aliphatic heterocycles. The number of benzene rings is 2. The van der Waals surface area contributed by atoms with Gasteiger partial charge in [0, 0.05) is 24.1 Å². The summed E-state index contributed by atoms with van der Waals surface area (Å²) in [7, 11) is -2.35. The summed E-state index contributed by atoms with van der Waals surface area (Å²) in [5.74, 6) is -0.0360. The van der Waals surface area contributed by atoms with E-state index >= 15 is 0 Å². The van der Waals surface area contributed by atoms with Gasteiger partial charge in [-0.15, -0.1) is 0 Å². The number of hydrogen-bond donors (Lipinski definition) is 1. The topological polar surface area (TPSA) is 75.7 Å². The molecule has 0 aliphatic carbocycles. The molecule has 1 aliphatic rings. The zero-order valence-electron chi connectivity index (χ0n) is 13.1. The minimum Gasteiger partial charge on any atom is -0.482 e. The van der Waals surface area contributed by atoms with Crippen molar-refractivity contribution < 1.29 is 17.9 Å². The Kier molecular flexibility index (Phi) is 5.06. The highest BCUT2D eigenvalue weighted by molar-refractivity contribution is 9.10. The fourth-order valence-corrected chi connectivity index (χ4v) is 4.32. The lowest BCUT2D eigenvalue weighted by Gasteiger charge is -2.22. The summed E-state index contributed by atoms with van der Waals surface area (Å²) in [6.07, 6.45) is 0. The van der Waals surface area contributed by atoms with Crippen molar-refractivity contribution in [3.63, 3.8) is 0 Å². The fourth-order valence-electron chi connectivity index (χ4n) is 2.38. The highest BCUT2D eigenvalue weighted by atomic mass is 79.9. The summed E-state index contributed by atoms with van der Waals surface area (Å²) in [6, 6.07) is 10.1. The van der Waals surface area contributed by atoms with Gasteiger partial charge in [-0.3, -0.25) is 4.79 Å². The van der Waals surface area contributed by atoms with Crippen LogP contribution in [0.25, 0.3) is 0 Å². The molecule has 0 aromatic heterocycles. The largest absolute Gasteiger partial charge is 0.482 e. The van der Waals surface area contributed by atoms with Crippen molar-refractivity contribution in [2.75, 3.05) is 19.0 Å². The number of sulfonamides is 1. The molecule has 3 rings (SSSR count). The first-order valence-corrected chi connectivity index (χ1v) is 9.85. The predicted molar refractivity (Wildman–Crippen MR) is 98.4 cm³/mol. The van der Waals surface area contributed by atoms with Gasteiger partial charge in [0.15, 0.2) is 6.61 Å². The van der Waals surface area contributed by atoms with Crippen molar-refractivity contribution in [3.05, 3.63) is 51.5 Å². The standard InChI is InChI=1S/C16H14BrClN2O4S/c1-20(8-10-2-4-11(17)5-3-10)25(22,23)15-7-14-13(6-12(15)18)19-16(21)9-24-14/h2-7H,8-9H2,1H3,(H,19,21). The summed E-state index contributed by atoms with van der Waals surface area (Å²) in [6.45, 7) is 0.0312. The second-order valence-electron chi connectivity index (χ2n) is 5.50. The maximum absolute atomic E-state index is 12.9. The number of ether oxygens (including phenoxy) is 1. The highest BCUT2D eigenvalue weighted by Gasteiger charge is 2.27. The molecule has 0 bridgehead atoms. The molecule has 6 nitrogen and oxygen atoms in total. The van der Waals surface area contributed by atoms with Crippen LogP contribution < -0.4 is 10.1 Å². The van der Waals surface area contributed by atoms with Crippen LogP contribution in [0.15, 0.2) is 45.8 Å². The number of nitrogens with one attached hydrogen (secondary N) is 1. The summed E-state index contributed by atoms with van der Waals surface area (Å²) >= 11 is 9.49. The number of hydrogen-bond acceptors (Lipinski definition) is 4.